The Balaban J connectivity index is 1.63. The number of nitrogens with one attached hydrogen (secondary N) is 1. The third-order valence-electron chi connectivity index (χ3n) is 5.64. The van der Waals surface area contributed by atoms with Gasteiger partial charge in [-0.25, -0.2) is 4.68 Å². The van der Waals surface area contributed by atoms with Crippen molar-refractivity contribution in [2.75, 3.05) is 20.8 Å². The number of tetrazole rings is 1. The van der Waals surface area contributed by atoms with Crippen LogP contribution in [0.5, 0.6) is 11.5 Å². The normalized spacial score (nSPS) is 11.1. The van der Waals surface area contributed by atoms with E-state index in [0.717, 1.165) is 22.2 Å². The molecule has 2 heterocycles. The second-order valence-corrected chi connectivity index (χ2v) is 8.13. The SMILES string of the molecule is CCOC(=O)Cn1nnnc1CN(Cc1ccc(OC)cc1)Cc1cc2cc(OC)ccc2[nH]c1=O. The predicted molar refractivity (Wildman–Crippen MR) is 132 cm³/mol. The molecule has 0 radical (unpaired) electrons. The van der Waals surface area contributed by atoms with E-state index in [4.69, 9.17) is 14.2 Å². The van der Waals surface area contributed by atoms with E-state index in [9.17, 15) is 9.59 Å². The third kappa shape index (κ3) is 6.05. The maximum Gasteiger partial charge on any atom is 0.327 e. The van der Waals surface area contributed by atoms with Gasteiger partial charge in [0.25, 0.3) is 5.56 Å². The fourth-order valence-electron chi connectivity index (χ4n) is 3.86. The maximum atomic E-state index is 12.9. The maximum absolute atomic E-state index is 12.9. The number of aromatic amines is 1. The van der Waals surface area contributed by atoms with E-state index in [0.29, 0.717) is 36.8 Å². The average Bonchev–Trinajstić information content (AvgIpc) is 3.30. The number of hydrogen-bond donors (Lipinski definition) is 1. The number of hydrogen-bond acceptors (Lipinski definition) is 9. The van der Waals surface area contributed by atoms with Crippen LogP contribution in [-0.4, -0.2) is 56.9 Å². The van der Waals surface area contributed by atoms with Crippen molar-refractivity contribution in [3.8, 4) is 11.5 Å². The molecule has 0 aliphatic carbocycles. The number of aromatic nitrogens is 5. The molecule has 4 aromatic rings. The Kier molecular flexibility index (Phi) is 7.91. The van der Waals surface area contributed by atoms with Crippen molar-refractivity contribution < 1.29 is 19.0 Å². The fraction of sp³-hybridized carbons (Fsp3) is 0.320. The van der Waals surface area contributed by atoms with Crippen molar-refractivity contribution in [1.29, 1.82) is 0 Å². The van der Waals surface area contributed by atoms with Gasteiger partial charge in [0.1, 0.15) is 18.0 Å². The largest absolute Gasteiger partial charge is 0.497 e. The molecule has 11 heteroatoms. The minimum Gasteiger partial charge on any atom is -0.497 e. The number of esters is 1. The minimum atomic E-state index is -0.423. The summed E-state index contributed by atoms with van der Waals surface area (Å²) in [5.74, 6) is 1.51. The van der Waals surface area contributed by atoms with E-state index < -0.39 is 5.97 Å². The highest BCUT2D eigenvalue weighted by Gasteiger charge is 2.18. The van der Waals surface area contributed by atoms with E-state index >= 15 is 0 Å². The zero-order valence-electron chi connectivity index (χ0n) is 20.4. The first kappa shape index (κ1) is 24.9. The molecule has 2 aromatic heterocycles. The molecule has 0 unspecified atom stereocenters. The molecule has 0 fully saturated rings. The molecule has 11 nitrogen and oxygen atoms in total. The smallest absolute Gasteiger partial charge is 0.327 e. The molecule has 0 spiro atoms. The zero-order chi connectivity index (χ0) is 25.5. The fourth-order valence-corrected chi connectivity index (χ4v) is 3.86. The molecule has 4 rings (SSSR count). The Hall–Kier alpha value is -4.25. The summed E-state index contributed by atoms with van der Waals surface area (Å²) in [6.45, 7) is 3.05. The average molecular weight is 493 g/mol. The lowest BCUT2D eigenvalue weighted by atomic mass is 10.1. The summed E-state index contributed by atoms with van der Waals surface area (Å²) in [4.78, 5) is 29.9. The number of fused-ring (bicyclic) bond motifs is 1. The number of H-pyrrole nitrogens is 1. The molecule has 1 N–H and O–H groups in total. The molecule has 0 amide bonds. The zero-order valence-corrected chi connectivity index (χ0v) is 20.4. The van der Waals surface area contributed by atoms with Gasteiger partial charge in [-0.3, -0.25) is 14.5 Å². The van der Waals surface area contributed by atoms with Gasteiger partial charge in [-0.2, -0.15) is 0 Å². The monoisotopic (exact) mass is 492 g/mol. The Labute approximate surface area is 207 Å². The van der Waals surface area contributed by atoms with Crippen LogP contribution in [0.15, 0.2) is 53.3 Å². The molecule has 0 atom stereocenters. The van der Waals surface area contributed by atoms with E-state index in [1.807, 2.05) is 47.4 Å². The Morgan fingerprint density at radius 1 is 1.00 bits per heavy atom. The Morgan fingerprint density at radius 2 is 1.75 bits per heavy atom. The highest BCUT2D eigenvalue weighted by Crippen LogP contribution is 2.20. The van der Waals surface area contributed by atoms with Crippen LogP contribution in [0.2, 0.25) is 0 Å². The molecule has 0 aliphatic rings. The van der Waals surface area contributed by atoms with Crippen LogP contribution in [-0.2, 0) is 35.7 Å². The number of carbonyl (C=O) groups is 1. The first-order valence-corrected chi connectivity index (χ1v) is 11.4. The first-order valence-electron chi connectivity index (χ1n) is 11.4. The van der Waals surface area contributed by atoms with Crippen molar-refractivity contribution in [3.05, 3.63) is 75.8 Å². The summed E-state index contributed by atoms with van der Waals surface area (Å²) in [7, 11) is 3.22. The molecular weight excluding hydrogens is 464 g/mol. The molecule has 0 aliphatic heterocycles. The van der Waals surface area contributed by atoms with Gasteiger partial charge in [0, 0.05) is 29.6 Å². The van der Waals surface area contributed by atoms with Gasteiger partial charge in [-0.05, 0) is 59.3 Å². The van der Waals surface area contributed by atoms with Crippen molar-refractivity contribution in [1.82, 2.24) is 30.1 Å². The van der Waals surface area contributed by atoms with Crippen molar-refractivity contribution in [3.63, 3.8) is 0 Å². The van der Waals surface area contributed by atoms with Gasteiger partial charge < -0.3 is 19.2 Å². The van der Waals surface area contributed by atoms with Gasteiger partial charge >= 0.3 is 5.97 Å². The summed E-state index contributed by atoms with van der Waals surface area (Å²) in [6, 6.07) is 15.0. The Bertz CT molecular complexity index is 1380. The molecule has 0 bridgehead atoms. The van der Waals surface area contributed by atoms with Crippen molar-refractivity contribution in [2.24, 2.45) is 0 Å². The van der Waals surface area contributed by atoms with E-state index in [-0.39, 0.29) is 18.7 Å². The second-order valence-electron chi connectivity index (χ2n) is 8.13. The minimum absolute atomic E-state index is 0.0943. The lowest BCUT2D eigenvalue weighted by Gasteiger charge is -2.22. The van der Waals surface area contributed by atoms with Crippen LogP contribution in [0.25, 0.3) is 10.9 Å². The number of pyridine rings is 1. The molecule has 0 saturated carbocycles. The van der Waals surface area contributed by atoms with Crippen LogP contribution in [0.1, 0.15) is 23.9 Å². The predicted octanol–water partition coefficient (Wildman–Crippen LogP) is 2.30. The van der Waals surface area contributed by atoms with Gasteiger partial charge in [0.15, 0.2) is 5.82 Å². The second kappa shape index (κ2) is 11.5. The van der Waals surface area contributed by atoms with E-state index in [1.165, 1.54) is 4.68 Å². The lowest BCUT2D eigenvalue weighted by Crippen LogP contribution is -2.28. The van der Waals surface area contributed by atoms with Crippen molar-refractivity contribution in [2.45, 2.75) is 33.1 Å². The molecule has 188 valence electrons. The van der Waals surface area contributed by atoms with Crippen LogP contribution in [0.4, 0.5) is 0 Å². The summed E-state index contributed by atoms with van der Waals surface area (Å²) in [5.41, 5.74) is 2.14. The molecule has 2 aromatic carbocycles. The number of rotatable bonds is 11. The van der Waals surface area contributed by atoms with Crippen LogP contribution in [0.3, 0.4) is 0 Å². The summed E-state index contributed by atoms with van der Waals surface area (Å²) >= 11 is 0. The third-order valence-corrected chi connectivity index (χ3v) is 5.64. The van der Waals surface area contributed by atoms with Gasteiger partial charge in [0.2, 0.25) is 0 Å². The Morgan fingerprint density at radius 3 is 2.47 bits per heavy atom. The number of benzene rings is 2. The summed E-state index contributed by atoms with van der Waals surface area (Å²) in [5, 5.41) is 12.6. The summed E-state index contributed by atoms with van der Waals surface area (Å²) < 4.78 is 17.0. The quantitative estimate of drug-likeness (QED) is 0.314. The molecule has 36 heavy (non-hydrogen) atoms. The number of ether oxygens (including phenoxy) is 3. The van der Waals surface area contributed by atoms with Crippen molar-refractivity contribution >= 4 is 16.9 Å². The van der Waals surface area contributed by atoms with Gasteiger partial charge in [-0.15, -0.1) is 5.10 Å². The van der Waals surface area contributed by atoms with E-state index in [2.05, 4.69) is 20.5 Å². The van der Waals surface area contributed by atoms with Crippen LogP contribution < -0.4 is 15.0 Å². The highest BCUT2D eigenvalue weighted by atomic mass is 16.5. The molecular formula is C25H28N6O5. The highest BCUT2D eigenvalue weighted by molar-refractivity contribution is 5.80. The first-order chi connectivity index (χ1) is 17.5. The van der Waals surface area contributed by atoms with Gasteiger partial charge in [-0.1, -0.05) is 12.1 Å². The summed E-state index contributed by atoms with van der Waals surface area (Å²) in [6.07, 6.45) is 0. The van der Waals surface area contributed by atoms with Gasteiger partial charge in [0.05, 0.1) is 27.4 Å². The lowest BCUT2D eigenvalue weighted by molar-refractivity contribution is -0.144. The number of carbonyl (C=O) groups excluding carboxylic acids is 1. The molecule has 0 saturated heterocycles. The van der Waals surface area contributed by atoms with E-state index in [1.54, 1.807) is 27.2 Å². The van der Waals surface area contributed by atoms with Crippen LogP contribution in [0, 0.1) is 0 Å². The standard InChI is InChI=1S/C25H28N6O5/c1-4-36-24(32)16-31-23(27-28-29-31)15-30(13-17-5-7-20(34-2)8-6-17)14-19-11-18-12-21(35-3)9-10-22(18)26-25(19)33/h5-12H,4,13-16H2,1-3H3,(H,26,33). The topological polar surface area (TPSA) is 124 Å². The van der Waals surface area contributed by atoms with Crippen LogP contribution >= 0.6 is 0 Å². The number of nitrogens with zero attached hydrogens (tertiary/aromatic N) is 5. The number of methoxy groups -OCH3 is 2.